The Kier molecular flexibility index (Phi) is 0.978. The summed E-state index contributed by atoms with van der Waals surface area (Å²) in [5, 5.41) is 16.1. The second-order valence-electron chi connectivity index (χ2n) is 2.35. The van der Waals surface area contributed by atoms with Gasteiger partial charge in [-0.1, -0.05) is 0 Å². The maximum atomic E-state index is 8.60. The third-order valence-electron chi connectivity index (χ3n) is 1.77. The summed E-state index contributed by atoms with van der Waals surface area (Å²) in [6, 6.07) is 2.18. The van der Waals surface area contributed by atoms with Crippen molar-refractivity contribution in [3.8, 4) is 6.07 Å². The number of rotatable bonds is 0. The molecule has 2 heterocycles. The average Bonchev–Trinajstić information content (AvgIpc) is 2.44. The van der Waals surface area contributed by atoms with Gasteiger partial charge in [0.15, 0.2) is 0 Å². The molecule has 0 spiro atoms. The molecule has 1 atom stereocenters. The summed E-state index contributed by atoms with van der Waals surface area (Å²) in [5.74, 6) is 0.796. The van der Waals surface area contributed by atoms with Crippen molar-refractivity contribution in [1.29, 1.82) is 5.26 Å². The Balaban J connectivity index is 2.46. The van der Waals surface area contributed by atoms with Gasteiger partial charge in [-0.05, 0) is 6.42 Å². The van der Waals surface area contributed by atoms with E-state index in [9.17, 15) is 0 Å². The minimum atomic E-state index is -0.0255. The molecule has 0 saturated heterocycles. The van der Waals surface area contributed by atoms with Crippen molar-refractivity contribution in [2.75, 3.05) is 0 Å². The second kappa shape index (κ2) is 1.81. The van der Waals surface area contributed by atoms with E-state index in [2.05, 4.69) is 16.3 Å². The molecule has 1 aromatic rings. The molecule has 10 heavy (non-hydrogen) atoms. The van der Waals surface area contributed by atoms with Gasteiger partial charge in [-0.25, -0.2) is 0 Å². The van der Waals surface area contributed by atoms with Gasteiger partial charge in [0, 0.05) is 6.54 Å². The third-order valence-corrected chi connectivity index (χ3v) is 1.77. The highest BCUT2D eigenvalue weighted by Crippen LogP contribution is 2.23. The maximum absolute atomic E-state index is 8.60. The number of nitrogens with zero attached hydrogens (tertiary/aromatic N) is 4. The van der Waals surface area contributed by atoms with E-state index in [0.717, 1.165) is 18.8 Å². The van der Waals surface area contributed by atoms with Gasteiger partial charge in [0.2, 0.25) is 0 Å². The summed E-state index contributed by atoms with van der Waals surface area (Å²) in [6.07, 6.45) is 2.56. The van der Waals surface area contributed by atoms with Crippen LogP contribution in [0.3, 0.4) is 0 Å². The molecular weight excluding hydrogens is 128 g/mol. The Morgan fingerprint density at radius 1 is 1.80 bits per heavy atom. The fourth-order valence-corrected chi connectivity index (χ4v) is 1.23. The molecule has 2 rings (SSSR count). The van der Waals surface area contributed by atoms with Crippen LogP contribution in [0.2, 0.25) is 0 Å². The molecule has 0 saturated carbocycles. The molecule has 0 N–H and O–H groups in total. The van der Waals surface area contributed by atoms with Crippen LogP contribution in [0.5, 0.6) is 0 Å². The van der Waals surface area contributed by atoms with E-state index in [1.165, 1.54) is 0 Å². The summed E-state index contributed by atoms with van der Waals surface area (Å²) < 4.78 is 1.92. The van der Waals surface area contributed by atoms with Crippen molar-refractivity contribution in [2.24, 2.45) is 0 Å². The molecule has 0 aliphatic carbocycles. The van der Waals surface area contributed by atoms with Crippen LogP contribution in [0.25, 0.3) is 0 Å². The van der Waals surface area contributed by atoms with Crippen LogP contribution in [-0.2, 0) is 6.54 Å². The maximum Gasteiger partial charge on any atom is 0.150 e. The predicted octanol–water partition coefficient (Wildman–Crippen LogP) is 0.289. The topological polar surface area (TPSA) is 54.5 Å². The molecule has 1 aliphatic heterocycles. The Morgan fingerprint density at radius 2 is 2.70 bits per heavy atom. The van der Waals surface area contributed by atoms with Gasteiger partial charge in [0.25, 0.3) is 0 Å². The Morgan fingerprint density at radius 3 is 3.50 bits per heavy atom. The normalized spacial score (nSPS) is 22.1. The van der Waals surface area contributed by atoms with Crippen LogP contribution < -0.4 is 0 Å². The molecule has 0 fully saturated rings. The highest BCUT2D eigenvalue weighted by molar-refractivity contribution is 5.11. The van der Waals surface area contributed by atoms with Crippen LogP contribution in [0.4, 0.5) is 0 Å². The largest absolute Gasteiger partial charge is 0.316 e. The zero-order valence-corrected chi connectivity index (χ0v) is 5.36. The van der Waals surface area contributed by atoms with E-state index in [4.69, 9.17) is 5.26 Å². The van der Waals surface area contributed by atoms with Crippen LogP contribution in [0.15, 0.2) is 6.33 Å². The highest BCUT2D eigenvalue weighted by Gasteiger charge is 2.23. The van der Waals surface area contributed by atoms with Crippen LogP contribution in [0.1, 0.15) is 18.2 Å². The highest BCUT2D eigenvalue weighted by atomic mass is 15.3. The van der Waals surface area contributed by atoms with Crippen LogP contribution >= 0.6 is 0 Å². The van der Waals surface area contributed by atoms with Gasteiger partial charge in [0.1, 0.15) is 18.1 Å². The van der Waals surface area contributed by atoms with Crippen molar-refractivity contribution in [3.63, 3.8) is 0 Å². The number of hydrogen-bond donors (Lipinski definition) is 0. The van der Waals surface area contributed by atoms with Gasteiger partial charge in [0.05, 0.1) is 6.07 Å². The number of hydrogen-bond acceptors (Lipinski definition) is 3. The quantitative estimate of drug-likeness (QED) is 0.512. The van der Waals surface area contributed by atoms with Crippen molar-refractivity contribution >= 4 is 0 Å². The van der Waals surface area contributed by atoms with Gasteiger partial charge >= 0.3 is 0 Å². The average molecular weight is 134 g/mol. The number of aromatic nitrogens is 3. The minimum Gasteiger partial charge on any atom is -0.316 e. The molecule has 0 aromatic carbocycles. The summed E-state index contributed by atoms with van der Waals surface area (Å²) in [6.45, 7) is 0.889. The van der Waals surface area contributed by atoms with Gasteiger partial charge < -0.3 is 4.57 Å². The van der Waals surface area contributed by atoms with Crippen molar-refractivity contribution in [3.05, 3.63) is 12.2 Å². The number of aryl methyl sites for hydroxylation is 1. The lowest BCUT2D eigenvalue weighted by molar-refractivity contribution is 0.722. The van der Waals surface area contributed by atoms with E-state index in [1.54, 1.807) is 6.33 Å². The summed E-state index contributed by atoms with van der Waals surface area (Å²) in [4.78, 5) is 0. The monoisotopic (exact) mass is 134 g/mol. The predicted molar refractivity (Wildman–Crippen MR) is 33.0 cm³/mol. The second-order valence-corrected chi connectivity index (χ2v) is 2.35. The SMILES string of the molecule is N#CC1CCn2cnnc21. The molecular formula is C6H6N4. The first-order valence-electron chi connectivity index (χ1n) is 3.19. The Labute approximate surface area is 58.1 Å². The fraction of sp³-hybridized carbons (Fsp3) is 0.500. The van der Waals surface area contributed by atoms with Crippen molar-refractivity contribution in [2.45, 2.75) is 18.9 Å². The number of fused-ring (bicyclic) bond motifs is 1. The fourth-order valence-electron chi connectivity index (χ4n) is 1.23. The standard InChI is InChI=1S/C6H6N4/c7-3-5-1-2-10-4-8-9-6(5)10/h4-5H,1-2H2. The van der Waals surface area contributed by atoms with Crippen molar-refractivity contribution in [1.82, 2.24) is 14.8 Å². The van der Waals surface area contributed by atoms with E-state index >= 15 is 0 Å². The first kappa shape index (κ1) is 5.42. The molecule has 4 nitrogen and oxygen atoms in total. The molecule has 1 aromatic heterocycles. The van der Waals surface area contributed by atoms with Gasteiger partial charge in [-0.2, -0.15) is 5.26 Å². The summed E-state index contributed by atoms with van der Waals surface area (Å²) in [7, 11) is 0. The first-order valence-corrected chi connectivity index (χ1v) is 3.19. The lowest BCUT2D eigenvalue weighted by Crippen LogP contribution is -1.91. The van der Waals surface area contributed by atoms with Gasteiger partial charge in [-0.3, -0.25) is 0 Å². The van der Waals surface area contributed by atoms with E-state index in [-0.39, 0.29) is 5.92 Å². The molecule has 1 aliphatic rings. The minimum absolute atomic E-state index is 0.0255. The lowest BCUT2D eigenvalue weighted by Gasteiger charge is -1.89. The lowest BCUT2D eigenvalue weighted by atomic mass is 10.1. The molecule has 50 valence electrons. The Bertz CT molecular complexity index is 282. The zero-order chi connectivity index (χ0) is 6.97. The van der Waals surface area contributed by atoms with Gasteiger partial charge in [-0.15, -0.1) is 10.2 Å². The first-order chi connectivity index (χ1) is 4.92. The van der Waals surface area contributed by atoms with E-state index in [0.29, 0.717) is 0 Å². The summed E-state index contributed by atoms with van der Waals surface area (Å²) >= 11 is 0. The molecule has 4 heteroatoms. The molecule has 1 unspecified atom stereocenters. The van der Waals surface area contributed by atoms with Crippen LogP contribution in [-0.4, -0.2) is 14.8 Å². The smallest absolute Gasteiger partial charge is 0.150 e. The zero-order valence-electron chi connectivity index (χ0n) is 5.36. The van der Waals surface area contributed by atoms with Crippen molar-refractivity contribution < 1.29 is 0 Å². The number of nitriles is 1. The van der Waals surface area contributed by atoms with E-state index in [1.807, 2.05) is 4.57 Å². The molecule has 0 radical (unpaired) electrons. The molecule has 0 amide bonds. The molecule has 0 bridgehead atoms. The Hall–Kier alpha value is -1.37. The summed E-state index contributed by atoms with van der Waals surface area (Å²) in [5.41, 5.74) is 0. The third kappa shape index (κ3) is 0.545. The van der Waals surface area contributed by atoms with Crippen LogP contribution in [0, 0.1) is 11.3 Å². The van der Waals surface area contributed by atoms with E-state index < -0.39 is 0 Å².